The van der Waals surface area contributed by atoms with E-state index in [2.05, 4.69) is 69.6 Å². The normalized spacial score (nSPS) is 27.3. The van der Waals surface area contributed by atoms with Crippen LogP contribution in [0.1, 0.15) is 72.5 Å². The third kappa shape index (κ3) is 4.28. The minimum absolute atomic E-state index is 0.0611. The topological polar surface area (TPSA) is 79.6 Å². The van der Waals surface area contributed by atoms with Gasteiger partial charge in [-0.1, -0.05) is 44.2 Å². The van der Waals surface area contributed by atoms with Gasteiger partial charge in [0.15, 0.2) is 0 Å². The van der Waals surface area contributed by atoms with E-state index >= 15 is 0 Å². The van der Waals surface area contributed by atoms with Gasteiger partial charge in [0.25, 0.3) is 0 Å². The Morgan fingerprint density at radius 2 is 1.89 bits per heavy atom. The molecule has 6 heteroatoms. The Morgan fingerprint density at radius 1 is 1.26 bits per heavy atom. The van der Waals surface area contributed by atoms with Gasteiger partial charge in [-0.25, -0.2) is 4.79 Å². The Labute approximate surface area is 163 Å². The van der Waals surface area contributed by atoms with Gasteiger partial charge in [-0.05, 0) is 51.7 Å². The van der Waals surface area contributed by atoms with Gasteiger partial charge in [-0.2, -0.15) is 5.06 Å². The van der Waals surface area contributed by atoms with Crippen LogP contribution in [0.25, 0.3) is 0 Å². The third-order valence-corrected chi connectivity index (χ3v) is 6.08. The first-order valence-corrected chi connectivity index (χ1v) is 9.71. The molecule has 3 unspecified atom stereocenters. The van der Waals surface area contributed by atoms with Crippen molar-refractivity contribution in [1.29, 1.82) is 0 Å². The van der Waals surface area contributed by atoms with Gasteiger partial charge < -0.3 is 11.2 Å². The number of hydroxylamine groups is 2. The second kappa shape index (κ2) is 8.31. The van der Waals surface area contributed by atoms with Crippen molar-refractivity contribution < 1.29 is 9.63 Å². The van der Waals surface area contributed by atoms with Crippen molar-refractivity contribution in [3.63, 3.8) is 0 Å². The highest BCUT2D eigenvalue weighted by Gasteiger charge is 2.49. The summed E-state index contributed by atoms with van der Waals surface area (Å²) in [5.74, 6) is 0. The molecule has 6 nitrogen and oxygen atoms in total. The van der Waals surface area contributed by atoms with Gasteiger partial charge in [0.2, 0.25) is 0 Å². The molecule has 0 saturated carbocycles. The lowest BCUT2D eigenvalue weighted by Gasteiger charge is -2.55. The van der Waals surface area contributed by atoms with E-state index in [0.717, 1.165) is 36.1 Å². The standard InChI is InChI=1S/C21H34N4O2/c1-7-20(5)14-18(23-24-19(22)26)15(3)21(6,8-2)25(20)27-16(4)17-12-10-9-11-13-17/h9-13,16,23H,7-8,14H2,1-6H3,(H3,22,24,26). The molecule has 1 aliphatic heterocycles. The van der Waals surface area contributed by atoms with E-state index in [9.17, 15) is 4.79 Å². The molecule has 1 aromatic carbocycles. The van der Waals surface area contributed by atoms with Crippen LogP contribution in [-0.2, 0) is 4.84 Å². The first-order chi connectivity index (χ1) is 12.7. The molecule has 2 amide bonds. The number of nitrogens with one attached hydrogen (secondary N) is 2. The van der Waals surface area contributed by atoms with Crippen molar-refractivity contribution >= 4 is 6.03 Å². The summed E-state index contributed by atoms with van der Waals surface area (Å²) in [7, 11) is 0. The van der Waals surface area contributed by atoms with Crippen molar-refractivity contribution in [3.05, 3.63) is 47.2 Å². The van der Waals surface area contributed by atoms with Crippen molar-refractivity contribution in [2.75, 3.05) is 0 Å². The molecular formula is C21H34N4O2. The van der Waals surface area contributed by atoms with Crippen molar-refractivity contribution in [1.82, 2.24) is 15.9 Å². The van der Waals surface area contributed by atoms with Crippen molar-refractivity contribution in [2.45, 2.75) is 78.0 Å². The number of carbonyl (C=O) groups is 1. The lowest BCUT2D eigenvalue weighted by atomic mass is 9.76. The fourth-order valence-corrected chi connectivity index (χ4v) is 3.80. The Balaban J connectivity index is 2.40. The van der Waals surface area contributed by atoms with Crippen LogP contribution in [0.2, 0.25) is 0 Å². The van der Waals surface area contributed by atoms with Crippen molar-refractivity contribution in [3.8, 4) is 0 Å². The third-order valence-electron chi connectivity index (χ3n) is 6.08. The zero-order valence-electron chi connectivity index (χ0n) is 17.4. The smallest absolute Gasteiger partial charge is 0.330 e. The molecule has 4 N–H and O–H groups in total. The molecule has 0 fully saturated rings. The summed E-state index contributed by atoms with van der Waals surface area (Å²) in [6, 6.07) is 9.67. The monoisotopic (exact) mass is 374 g/mol. The molecule has 1 heterocycles. The predicted octanol–water partition coefficient (Wildman–Crippen LogP) is 4.17. The maximum Gasteiger partial charge on any atom is 0.330 e. The van der Waals surface area contributed by atoms with Gasteiger partial charge in [-0.3, -0.25) is 10.3 Å². The number of primary amides is 1. The van der Waals surface area contributed by atoms with Crippen LogP contribution in [0, 0.1) is 0 Å². The number of carbonyl (C=O) groups excluding carboxylic acids is 1. The number of nitrogens with two attached hydrogens (primary N) is 1. The van der Waals surface area contributed by atoms with E-state index in [4.69, 9.17) is 10.6 Å². The fraction of sp³-hybridized carbons (Fsp3) is 0.571. The molecule has 0 radical (unpaired) electrons. The van der Waals surface area contributed by atoms with Crippen LogP contribution < -0.4 is 16.6 Å². The van der Waals surface area contributed by atoms with Crippen LogP contribution in [0.3, 0.4) is 0 Å². The minimum atomic E-state index is -0.594. The highest BCUT2D eigenvalue weighted by atomic mass is 16.7. The maximum absolute atomic E-state index is 11.2. The molecule has 27 heavy (non-hydrogen) atoms. The summed E-state index contributed by atoms with van der Waals surface area (Å²) in [6.45, 7) is 12.9. The highest BCUT2D eigenvalue weighted by Crippen LogP contribution is 2.46. The molecule has 150 valence electrons. The van der Waals surface area contributed by atoms with Crippen LogP contribution in [0.4, 0.5) is 4.79 Å². The molecule has 1 aliphatic rings. The zero-order valence-corrected chi connectivity index (χ0v) is 17.4. The second-order valence-corrected chi connectivity index (χ2v) is 7.83. The molecule has 0 spiro atoms. The molecule has 0 saturated heterocycles. The Morgan fingerprint density at radius 3 is 2.41 bits per heavy atom. The molecule has 0 bridgehead atoms. The summed E-state index contributed by atoms with van der Waals surface area (Å²) in [5, 5.41) is 2.18. The average Bonchev–Trinajstić information content (AvgIpc) is 2.67. The van der Waals surface area contributed by atoms with E-state index in [1.807, 2.05) is 18.2 Å². The van der Waals surface area contributed by atoms with E-state index in [-0.39, 0.29) is 17.2 Å². The largest absolute Gasteiger partial charge is 0.350 e. The quantitative estimate of drug-likeness (QED) is 0.626. The first kappa shape index (κ1) is 21.3. The zero-order chi connectivity index (χ0) is 20.2. The second-order valence-electron chi connectivity index (χ2n) is 7.83. The van der Waals surface area contributed by atoms with Gasteiger partial charge in [-0.15, -0.1) is 0 Å². The number of hydrazine groups is 1. The van der Waals surface area contributed by atoms with Crippen molar-refractivity contribution in [2.24, 2.45) is 5.73 Å². The maximum atomic E-state index is 11.2. The molecule has 3 atom stereocenters. The number of hydrogen-bond acceptors (Lipinski definition) is 4. The molecule has 0 aliphatic carbocycles. The highest BCUT2D eigenvalue weighted by molar-refractivity contribution is 5.71. The number of benzene rings is 1. The lowest BCUT2D eigenvalue weighted by Crippen LogP contribution is -2.63. The average molecular weight is 375 g/mol. The summed E-state index contributed by atoms with van der Waals surface area (Å²) in [6.07, 6.45) is 2.44. The summed E-state index contributed by atoms with van der Waals surface area (Å²) in [5.41, 5.74) is 13.5. The number of amides is 2. The van der Waals surface area contributed by atoms with E-state index in [0.29, 0.717) is 0 Å². The first-order valence-electron chi connectivity index (χ1n) is 9.71. The van der Waals surface area contributed by atoms with Gasteiger partial charge in [0.05, 0.1) is 5.54 Å². The Kier molecular flexibility index (Phi) is 6.54. The minimum Gasteiger partial charge on any atom is -0.350 e. The molecular weight excluding hydrogens is 340 g/mol. The van der Waals surface area contributed by atoms with Crippen LogP contribution >= 0.6 is 0 Å². The Hall–Kier alpha value is -2.05. The summed E-state index contributed by atoms with van der Waals surface area (Å²) >= 11 is 0. The fourth-order valence-electron chi connectivity index (χ4n) is 3.80. The van der Waals surface area contributed by atoms with E-state index in [1.165, 1.54) is 0 Å². The lowest BCUT2D eigenvalue weighted by molar-refractivity contribution is -0.295. The molecule has 1 aromatic rings. The van der Waals surface area contributed by atoms with E-state index in [1.54, 1.807) is 0 Å². The molecule has 0 aromatic heterocycles. The van der Waals surface area contributed by atoms with Crippen LogP contribution in [-0.4, -0.2) is 22.2 Å². The number of nitrogens with zero attached hydrogens (tertiary/aromatic N) is 1. The van der Waals surface area contributed by atoms with Crippen LogP contribution in [0.15, 0.2) is 41.6 Å². The van der Waals surface area contributed by atoms with E-state index < -0.39 is 6.03 Å². The number of hydrogen-bond donors (Lipinski definition) is 3. The molecule has 2 rings (SSSR count). The number of urea groups is 1. The SMILES string of the molecule is CCC1(C)CC(NNC(N)=O)=C(C)C(C)(CC)N1OC(C)c1ccccc1. The van der Waals surface area contributed by atoms with Gasteiger partial charge in [0, 0.05) is 17.7 Å². The summed E-state index contributed by atoms with van der Waals surface area (Å²) < 4.78 is 0. The van der Waals surface area contributed by atoms with Crippen LogP contribution in [0.5, 0.6) is 0 Å². The Bertz CT molecular complexity index is 691. The summed E-state index contributed by atoms with van der Waals surface area (Å²) in [4.78, 5) is 17.8. The number of rotatable bonds is 7. The van der Waals surface area contributed by atoms with Gasteiger partial charge >= 0.3 is 6.03 Å². The van der Waals surface area contributed by atoms with Gasteiger partial charge in [0.1, 0.15) is 6.10 Å². The predicted molar refractivity (Wildman–Crippen MR) is 108 cm³/mol.